The normalized spacial score (nSPS) is 15.2. The maximum atomic E-state index is 11.5. The van der Waals surface area contributed by atoms with E-state index in [2.05, 4.69) is 0 Å². The Labute approximate surface area is 78.9 Å². The minimum absolute atomic E-state index is 0.280. The summed E-state index contributed by atoms with van der Waals surface area (Å²) in [6.45, 7) is 0.315. The van der Waals surface area contributed by atoms with Gasteiger partial charge in [0.05, 0.1) is 5.75 Å². The highest BCUT2D eigenvalue weighted by atomic mass is 32.2. The Kier molecular flexibility index (Phi) is 3.45. The quantitative estimate of drug-likeness (QED) is 0.763. The van der Waals surface area contributed by atoms with Crippen LogP contribution in [0.3, 0.4) is 0 Å². The number of nitrogens with two attached hydrogens (primary N) is 1. The molecule has 0 spiro atoms. The van der Waals surface area contributed by atoms with Crippen LogP contribution in [0, 0.1) is 4.78 Å². The molecule has 1 aromatic rings. The minimum atomic E-state index is -2.51. The number of nitrogens with one attached hydrogen (secondary N) is 1. The molecule has 0 saturated heterocycles. The molecular weight excluding hydrogens is 184 g/mol. The zero-order valence-electron chi connectivity index (χ0n) is 7.40. The van der Waals surface area contributed by atoms with Crippen molar-refractivity contribution in [2.24, 2.45) is 5.73 Å². The zero-order valence-corrected chi connectivity index (χ0v) is 8.22. The monoisotopic (exact) mass is 198 g/mol. The van der Waals surface area contributed by atoms with Gasteiger partial charge in [0.15, 0.2) is 0 Å². The summed E-state index contributed by atoms with van der Waals surface area (Å²) < 4.78 is 19.1. The van der Waals surface area contributed by atoms with Crippen LogP contribution in [0.15, 0.2) is 30.3 Å². The van der Waals surface area contributed by atoms with Crippen molar-refractivity contribution in [1.29, 1.82) is 4.78 Å². The van der Waals surface area contributed by atoms with E-state index in [-0.39, 0.29) is 5.75 Å². The lowest BCUT2D eigenvalue weighted by molar-refractivity contribution is 0.673. The van der Waals surface area contributed by atoms with Crippen LogP contribution >= 0.6 is 0 Å². The van der Waals surface area contributed by atoms with E-state index in [0.717, 1.165) is 5.56 Å². The predicted octanol–water partition coefficient (Wildman–Crippen LogP) is 1.19. The van der Waals surface area contributed by atoms with E-state index in [1.54, 1.807) is 0 Å². The summed E-state index contributed by atoms with van der Waals surface area (Å²) in [6, 6.07) is 9.42. The van der Waals surface area contributed by atoms with Gasteiger partial charge in [-0.1, -0.05) is 30.3 Å². The third-order valence-corrected chi connectivity index (χ3v) is 3.39. The van der Waals surface area contributed by atoms with E-state index in [9.17, 15) is 4.21 Å². The van der Waals surface area contributed by atoms with Crippen molar-refractivity contribution in [2.45, 2.75) is 5.75 Å². The summed E-state index contributed by atoms with van der Waals surface area (Å²) in [5.74, 6) is 0.590. The molecule has 0 aromatic heterocycles. The second-order valence-electron chi connectivity index (χ2n) is 2.93. The minimum Gasteiger partial charge on any atom is -0.330 e. The van der Waals surface area contributed by atoms with Gasteiger partial charge in [0.25, 0.3) is 0 Å². The van der Waals surface area contributed by atoms with E-state index >= 15 is 0 Å². The molecule has 13 heavy (non-hydrogen) atoms. The first-order valence-electron chi connectivity index (χ1n) is 4.12. The van der Waals surface area contributed by atoms with Gasteiger partial charge in [-0.3, -0.25) is 4.78 Å². The molecule has 0 radical (unpaired) electrons. The van der Waals surface area contributed by atoms with Gasteiger partial charge in [0.2, 0.25) is 0 Å². The fourth-order valence-electron chi connectivity index (χ4n) is 1.11. The highest BCUT2D eigenvalue weighted by Gasteiger charge is 2.05. The maximum Gasteiger partial charge on any atom is 0.0566 e. The number of hydrogen-bond acceptors (Lipinski definition) is 3. The number of hydrogen-bond donors (Lipinski definition) is 2. The summed E-state index contributed by atoms with van der Waals surface area (Å²) in [7, 11) is -2.51. The fourth-order valence-corrected chi connectivity index (χ4v) is 2.36. The van der Waals surface area contributed by atoms with E-state index in [1.807, 2.05) is 30.3 Å². The SMILES string of the molecule is N=S(=O)(CCN)Cc1ccccc1. The Morgan fingerprint density at radius 2 is 1.92 bits per heavy atom. The smallest absolute Gasteiger partial charge is 0.0566 e. The summed E-state index contributed by atoms with van der Waals surface area (Å²) in [4.78, 5) is 0. The van der Waals surface area contributed by atoms with Crippen LogP contribution in [-0.2, 0) is 15.5 Å². The molecule has 0 aliphatic heterocycles. The summed E-state index contributed by atoms with van der Waals surface area (Å²) in [6.07, 6.45) is 0. The Morgan fingerprint density at radius 3 is 2.46 bits per heavy atom. The van der Waals surface area contributed by atoms with E-state index in [1.165, 1.54) is 0 Å². The topological polar surface area (TPSA) is 66.9 Å². The molecule has 0 heterocycles. The molecule has 0 aliphatic carbocycles. The first-order chi connectivity index (χ1) is 6.14. The van der Waals surface area contributed by atoms with Crippen molar-refractivity contribution in [3.05, 3.63) is 35.9 Å². The first-order valence-corrected chi connectivity index (χ1v) is 6.02. The summed E-state index contributed by atoms with van der Waals surface area (Å²) >= 11 is 0. The number of rotatable bonds is 4. The molecule has 1 rings (SSSR count). The molecule has 3 N–H and O–H groups in total. The maximum absolute atomic E-state index is 11.5. The molecule has 1 aromatic carbocycles. The van der Waals surface area contributed by atoms with Gasteiger partial charge in [0.1, 0.15) is 0 Å². The van der Waals surface area contributed by atoms with Crippen LogP contribution in [0.4, 0.5) is 0 Å². The molecule has 72 valence electrons. The Bertz CT molecular complexity index is 345. The van der Waals surface area contributed by atoms with Gasteiger partial charge in [-0.15, -0.1) is 0 Å². The lowest BCUT2D eigenvalue weighted by atomic mass is 10.2. The average molecular weight is 198 g/mol. The van der Waals surface area contributed by atoms with Crippen LogP contribution in [-0.4, -0.2) is 16.5 Å². The summed E-state index contributed by atoms with van der Waals surface area (Å²) in [5.41, 5.74) is 6.21. The van der Waals surface area contributed by atoms with Crippen LogP contribution < -0.4 is 5.73 Å². The van der Waals surface area contributed by atoms with Crippen molar-refractivity contribution in [3.8, 4) is 0 Å². The van der Waals surface area contributed by atoms with Crippen LogP contribution in [0.25, 0.3) is 0 Å². The average Bonchev–Trinajstić information content (AvgIpc) is 2.04. The van der Waals surface area contributed by atoms with Crippen molar-refractivity contribution in [3.63, 3.8) is 0 Å². The largest absolute Gasteiger partial charge is 0.330 e. The summed E-state index contributed by atoms with van der Waals surface area (Å²) in [5, 5.41) is 0. The molecule has 0 bridgehead atoms. The van der Waals surface area contributed by atoms with Crippen molar-refractivity contribution in [2.75, 3.05) is 12.3 Å². The number of benzene rings is 1. The van der Waals surface area contributed by atoms with Crippen molar-refractivity contribution < 1.29 is 4.21 Å². The standard InChI is InChI=1S/C9H14N2OS/c10-6-7-13(11,12)8-9-4-2-1-3-5-9/h1-5,11H,6-8,10H2. The van der Waals surface area contributed by atoms with E-state index in [4.69, 9.17) is 10.5 Å². The van der Waals surface area contributed by atoms with Gasteiger partial charge >= 0.3 is 0 Å². The van der Waals surface area contributed by atoms with Gasteiger partial charge in [0, 0.05) is 22.0 Å². The van der Waals surface area contributed by atoms with Crippen LogP contribution in [0.5, 0.6) is 0 Å². The molecule has 0 aliphatic rings. The van der Waals surface area contributed by atoms with Gasteiger partial charge in [-0.05, 0) is 5.56 Å². The Balaban J connectivity index is 2.70. The zero-order chi connectivity index (χ0) is 9.73. The second-order valence-corrected chi connectivity index (χ2v) is 5.26. The first kappa shape index (κ1) is 10.2. The molecule has 3 nitrogen and oxygen atoms in total. The highest BCUT2D eigenvalue weighted by molar-refractivity contribution is 7.91. The molecule has 1 atom stereocenters. The van der Waals surface area contributed by atoms with Crippen LogP contribution in [0.1, 0.15) is 5.56 Å². The van der Waals surface area contributed by atoms with Crippen LogP contribution in [0.2, 0.25) is 0 Å². The molecule has 0 amide bonds. The third kappa shape index (κ3) is 3.57. The lowest BCUT2D eigenvalue weighted by Crippen LogP contribution is -2.15. The fraction of sp³-hybridized carbons (Fsp3) is 0.333. The van der Waals surface area contributed by atoms with Crippen molar-refractivity contribution >= 4 is 9.73 Å². The predicted molar refractivity (Wildman–Crippen MR) is 54.9 cm³/mol. The van der Waals surface area contributed by atoms with Gasteiger partial charge in [-0.25, -0.2) is 4.21 Å². The Morgan fingerprint density at radius 1 is 1.31 bits per heavy atom. The molecule has 0 saturated carbocycles. The molecule has 1 unspecified atom stereocenters. The molecule has 4 heteroatoms. The van der Waals surface area contributed by atoms with Gasteiger partial charge in [-0.2, -0.15) is 0 Å². The lowest BCUT2D eigenvalue weighted by Gasteiger charge is -2.05. The van der Waals surface area contributed by atoms with E-state index in [0.29, 0.717) is 12.3 Å². The van der Waals surface area contributed by atoms with Gasteiger partial charge < -0.3 is 5.73 Å². The van der Waals surface area contributed by atoms with Crippen molar-refractivity contribution in [1.82, 2.24) is 0 Å². The third-order valence-electron chi connectivity index (χ3n) is 1.69. The van der Waals surface area contributed by atoms with E-state index < -0.39 is 9.73 Å². The highest BCUT2D eigenvalue weighted by Crippen LogP contribution is 2.05. The second kappa shape index (κ2) is 4.39. The molecule has 0 fully saturated rings. The molecular formula is C9H14N2OS. The Hall–Kier alpha value is -0.870.